The minimum absolute atomic E-state index is 0.0481. The van der Waals surface area contributed by atoms with Crippen LogP contribution in [0.4, 0.5) is 5.69 Å². The molecule has 1 N–H and O–H groups in total. The summed E-state index contributed by atoms with van der Waals surface area (Å²) in [6.45, 7) is 2.03. The van der Waals surface area contributed by atoms with Crippen LogP contribution in [0.25, 0.3) is 11.1 Å². The molecule has 1 unspecified atom stereocenters. The van der Waals surface area contributed by atoms with Crippen LogP contribution >= 0.6 is 0 Å². The van der Waals surface area contributed by atoms with Crippen LogP contribution in [0, 0.1) is 0 Å². The summed E-state index contributed by atoms with van der Waals surface area (Å²) in [4.78, 5) is 29.1. The zero-order valence-electron chi connectivity index (χ0n) is 13.7. The fourth-order valence-corrected chi connectivity index (χ4v) is 2.85. The number of nitrogens with one attached hydrogen (secondary N) is 1. The number of ether oxygens (including phenoxy) is 1. The fourth-order valence-electron chi connectivity index (χ4n) is 2.85. The van der Waals surface area contributed by atoms with E-state index in [2.05, 4.69) is 10.3 Å². The number of likely N-dealkylation sites (N-methyl/N-ethyl adjacent to an activating group) is 1. The quantitative estimate of drug-likeness (QED) is 0.939. The summed E-state index contributed by atoms with van der Waals surface area (Å²) in [5.74, 6) is -0.166. The lowest BCUT2D eigenvalue weighted by atomic mass is 9.95. The number of morpholine rings is 1. The Morgan fingerprint density at radius 1 is 1.38 bits per heavy atom. The molecule has 0 spiro atoms. The number of benzene rings is 1. The maximum absolute atomic E-state index is 11.9. The number of aromatic nitrogens is 1. The van der Waals surface area contributed by atoms with Crippen molar-refractivity contribution in [3.63, 3.8) is 0 Å². The Balaban J connectivity index is 2.00. The molecule has 2 amide bonds. The summed E-state index contributed by atoms with van der Waals surface area (Å²) in [7, 11) is 1.78. The normalized spacial score (nSPS) is 17.7. The highest BCUT2D eigenvalue weighted by Gasteiger charge is 2.28. The second-order valence-corrected chi connectivity index (χ2v) is 5.76. The highest BCUT2D eigenvalue weighted by Crippen LogP contribution is 2.33. The van der Waals surface area contributed by atoms with Gasteiger partial charge in [-0.25, -0.2) is 0 Å². The van der Waals surface area contributed by atoms with Gasteiger partial charge in [0, 0.05) is 37.6 Å². The lowest BCUT2D eigenvalue weighted by molar-refractivity contribution is -0.146. The van der Waals surface area contributed by atoms with Crippen molar-refractivity contribution in [2.45, 2.75) is 13.0 Å². The summed E-state index contributed by atoms with van der Waals surface area (Å²) in [5, 5.41) is 2.79. The van der Waals surface area contributed by atoms with Crippen molar-refractivity contribution in [1.82, 2.24) is 9.88 Å². The third-order valence-electron chi connectivity index (χ3n) is 4.07. The summed E-state index contributed by atoms with van der Waals surface area (Å²) < 4.78 is 5.41. The lowest BCUT2D eigenvalue weighted by Crippen LogP contribution is -2.41. The van der Waals surface area contributed by atoms with Gasteiger partial charge in [0.15, 0.2) is 0 Å². The zero-order chi connectivity index (χ0) is 17.1. The van der Waals surface area contributed by atoms with Crippen molar-refractivity contribution in [3.05, 3.63) is 48.3 Å². The van der Waals surface area contributed by atoms with Gasteiger partial charge in [0.1, 0.15) is 6.61 Å². The zero-order valence-corrected chi connectivity index (χ0v) is 13.7. The van der Waals surface area contributed by atoms with Gasteiger partial charge in [-0.15, -0.1) is 0 Å². The number of anilines is 1. The topological polar surface area (TPSA) is 71.5 Å². The molecule has 1 fully saturated rings. The van der Waals surface area contributed by atoms with Gasteiger partial charge in [0.25, 0.3) is 0 Å². The van der Waals surface area contributed by atoms with Gasteiger partial charge >= 0.3 is 0 Å². The van der Waals surface area contributed by atoms with Crippen molar-refractivity contribution < 1.29 is 14.3 Å². The fraction of sp³-hybridized carbons (Fsp3) is 0.278. The molecular weight excluding hydrogens is 306 g/mol. The van der Waals surface area contributed by atoms with E-state index in [1.807, 2.05) is 30.3 Å². The van der Waals surface area contributed by atoms with Crippen LogP contribution in [-0.2, 0) is 14.3 Å². The number of amides is 2. The number of nitrogens with zero attached hydrogens (tertiary/aromatic N) is 2. The Kier molecular flexibility index (Phi) is 4.57. The van der Waals surface area contributed by atoms with Crippen molar-refractivity contribution in [1.29, 1.82) is 0 Å². The molecule has 1 aromatic carbocycles. The van der Waals surface area contributed by atoms with E-state index in [-0.39, 0.29) is 24.5 Å². The van der Waals surface area contributed by atoms with Crippen LogP contribution in [0.1, 0.15) is 18.5 Å². The average molecular weight is 325 g/mol. The summed E-state index contributed by atoms with van der Waals surface area (Å²) in [5.41, 5.74) is 3.57. The predicted octanol–water partition coefficient (Wildman–Crippen LogP) is 2.24. The van der Waals surface area contributed by atoms with Crippen molar-refractivity contribution in [2.24, 2.45) is 0 Å². The van der Waals surface area contributed by atoms with Crippen molar-refractivity contribution >= 4 is 17.5 Å². The maximum atomic E-state index is 11.9. The summed E-state index contributed by atoms with van der Waals surface area (Å²) in [6.07, 6.45) is 3.49. The lowest BCUT2D eigenvalue weighted by Gasteiger charge is -2.33. The third-order valence-corrected chi connectivity index (χ3v) is 4.07. The number of hydrogen-bond donors (Lipinski definition) is 1. The van der Waals surface area contributed by atoms with E-state index >= 15 is 0 Å². The molecule has 0 bridgehead atoms. The van der Waals surface area contributed by atoms with Gasteiger partial charge in [-0.1, -0.05) is 12.1 Å². The first-order chi connectivity index (χ1) is 11.6. The average Bonchev–Trinajstić information content (AvgIpc) is 2.57. The van der Waals surface area contributed by atoms with Crippen LogP contribution in [0.5, 0.6) is 0 Å². The van der Waals surface area contributed by atoms with E-state index < -0.39 is 0 Å². The smallest absolute Gasteiger partial charge is 0.248 e. The molecule has 1 atom stereocenters. The standard InChI is InChI=1S/C18H19N3O3/c1-12(22)20-14-5-3-4-13(8-14)15-6-7-19-9-16(15)17-10-24-11-18(23)21(17)2/h3-9,17H,10-11H2,1-2H3,(H,20,22). The molecule has 3 rings (SSSR count). The van der Waals surface area contributed by atoms with Crippen LogP contribution in [0.15, 0.2) is 42.7 Å². The third kappa shape index (κ3) is 3.28. The Labute approximate surface area is 140 Å². The van der Waals surface area contributed by atoms with Gasteiger partial charge in [-0.05, 0) is 29.3 Å². The molecule has 6 heteroatoms. The van der Waals surface area contributed by atoms with Crippen LogP contribution < -0.4 is 5.32 Å². The number of pyridine rings is 1. The Bertz CT molecular complexity index is 776. The minimum atomic E-state index is -0.181. The molecule has 1 aliphatic rings. The first-order valence-corrected chi connectivity index (χ1v) is 7.71. The number of carbonyl (C=O) groups is 2. The molecule has 1 saturated heterocycles. The molecule has 0 radical (unpaired) electrons. The van der Waals surface area contributed by atoms with Gasteiger partial charge in [-0.3, -0.25) is 14.6 Å². The Morgan fingerprint density at radius 2 is 2.21 bits per heavy atom. The van der Waals surface area contributed by atoms with E-state index in [1.54, 1.807) is 24.3 Å². The molecule has 1 aliphatic heterocycles. The van der Waals surface area contributed by atoms with Gasteiger partial charge in [-0.2, -0.15) is 0 Å². The van der Waals surface area contributed by atoms with Gasteiger partial charge in [0.05, 0.1) is 12.6 Å². The molecule has 0 saturated carbocycles. The predicted molar refractivity (Wildman–Crippen MR) is 90.3 cm³/mol. The van der Waals surface area contributed by atoms with Crippen LogP contribution in [0.3, 0.4) is 0 Å². The van der Waals surface area contributed by atoms with E-state index in [9.17, 15) is 9.59 Å². The second-order valence-electron chi connectivity index (χ2n) is 5.76. The molecule has 24 heavy (non-hydrogen) atoms. The molecule has 2 heterocycles. The highest BCUT2D eigenvalue weighted by atomic mass is 16.5. The van der Waals surface area contributed by atoms with Crippen molar-refractivity contribution in [3.8, 4) is 11.1 Å². The Hall–Kier alpha value is -2.73. The molecule has 6 nitrogen and oxygen atoms in total. The maximum Gasteiger partial charge on any atom is 0.248 e. The molecular formula is C18H19N3O3. The minimum Gasteiger partial charge on any atom is -0.369 e. The molecule has 0 aliphatic carbocycles. The molecule has 124 valence electrons. The first-order valence-electron chi connectivity index (χ1n) is 7.71. The van der Waals surface area contributed by atoms with Gasteiger partial charge < -0.3 is 15.0 Å². The van der Waals surface area contributed by atoms with E-state index in [1.165, 1.54) is 6.92 Å². The molecule has 1 aromatic heterocycles. The van der Waals surface area contributed by atoms with E-state index in [0.29, 0.717) is 6.61 Å². The van der Waals surface area contributed by atoms with Crippen molar-refractivity contribution in [2.75, 3.05) is 25.6 Å². The largest absolute Gasteiger partial charge is 0.369 e. The second kappa shape index (κ2) is 6.80. The Morgan fingerprint density at radius 3 is 3.00 bits per heavy atom. The summed E-state index contributed by atoms with van der Waals surface area (Å²) >= 11 is 0. The van der Waals surface area contributed by atoms with Crippen LogP contribution in [-0.4, -0.2) is 42.0 Å². The monoisotopic (exact) mass is 325 g/mol. The first kappa shape index (κ1) is 16.1. The van der Waals surface area contributed by atoms with Crippen LogP contribution in [0.2, 0.25) is 0 Å². The van der Waals surface area contributed by atoms with E-state index in [0.717, 1.165) is 22.4 Å². The number of hydrogen-bond acceptors (Lipinski definition) is 4. The summed E-state index contributed by atoms with van der Waals surface area (Å²) in [6, 6.07) is 9.33. The number of rotatable bonds is 3. The van der Waals surface area contributed by atoms with E-state index in [4.69, 9.17) is 4.74 Å². The SMILES string of the molecule is CC(=O)Nc1cccc(-c2ccncc2C2COCC(=O)N2C)c1. The van der Waals surface area contributed by atoms with Gasteiger partial charge in [0.2, 0.25) is 11.8 Å². The highest BCUT2D eigenvalue weighted by molar-refractivity contribution is 5.89. The number of carbonyl (C=O) groups excluding carboxylic acids is 2. The molecule has 2 aromatic rings.